The van der Waals surface area contributed by atoms with Crippen LogP contribution >= 0.6 is 0 Å². The Bertz CT molecular complexity index is 728. The second-order valence-corrected chi connectivity index (χ2v) is 4.94. The van der Waals surface area contributed by atoms with Crippen LogP contribution in [0.1, 0.15) is 6.92 Å². The predicted molar refractivity (Wildman–Crippen MR) is 77.0 cm³/mol. The van der Waals surface area contributed by atoms with E-state index in [9.17, 15) is 0 Å². The maximum Gasteiger partial charge on any atom is 0.120 e. The van der Waals surface area contributed by atoms with Crippen molar-refractivity contribution < 1.29 is 4.74 Å². The summed E-state index contributed by atoms with van der Waals surface area (Å²) in [7, 11) is 1.88. The minimum Gasteiger partial charge on any atom is -0.492 e. The first-order valence-corrected chi connectivity index (χ1v) is 6.48. The average Bonchev–Trinajstić information content (AvgIpc) is 3.01. The molecule has 6 nitrogen and oxygen atoms in total. The van der Waals surface area contributed by atoms with E-state index in [0.29, 0.717) is 6.61 Å². The van der Waals surface area contributed by atoms with Crippen LogP contribution in [0.4, 0.5) is 0 Å². The van der Waals surface area contributed by atoms with Crippen molar-refractivity contribution in [1.29, 1.82) is 0 Å². The lowest BCUT2D eigenvalue weighted by Gasteiger charge is -2.08. The Labute approximate surface area is 116 Å². The standard InChI is InChI=1S/C14H17N5O/c1-10(15)9-20-13-3-4-14-11(5-13)6-17-19(14)12-7-16-18(2)8-12/h3-8,10H,9,15H2,1-2H3/t10-/m0/s1. The lowest BCUT2D eigenvalue weighted by atomic mass is 10.2. The highest BCUT2D eigenvalue weighted by Crippen LogP contribution is 2.23. The molecule has 3 rings (SSSR count). The molecular weight excluding hydrogens is 254 g/mol. The summed E-state index contributed by atoms with van der Waals surface area (Å²) in [4.78, 5) is 0. The summed E-state index contributed by atoms with van der Waals surface area (Å²) in [6.45, 7) is 2.42. The number of aryl methyl sites for hydroxylation is 1. The molecule has 1 atom stereocenters. The normalized spacial score (nSPS) is 12.8. The Morgan fingerprint density at radius 1 is 1.30 bits per heavy atom. The number of hydrogen-bond acceptors (Lipinski definition) is 4. The maximum atomic E-state index is 5.68. The highest BCUT2D eigenvalue weighted by molar-refractivity contribution is 5.81. The molecule has 0 aliphatic rings. The van der Waals surface area contributed by atoms with E-state index in [-0.39, 0.29) is 6.04 Å². The van der Waals surface area contributed by atoms with Gasteiger partial charge >= 0.3 is 0 Å². The molecule has 0 amide bonds. The van der Waals surface area contributed by atoms with Crippen LogP contribution in [-0.2, 0) is 7.05 Å². The summed E-state index contributed by atoms with van der Waals surface area (Å²) in [5.74, 6) is 0.806. The fourth-order valence-electron chi connectivity index (χ4n) is 2.05. The van der Waals surface area contributed by atoms with Crippen molar-refractivity contribution in [1.82, 2.24) is 19.6 Å². The van der Waals surface area contributed by atoms with Crippen LogP contribution in [0, 0.1) is 0 Å². The van der Waals surface area contributed by atoms with Crippen LogP contribution in [0.5, 0.6) is 5.75 Å². The Hall–Kier alpha value is -2.34. The lowest BCUT2D eigenvalue weighted by molar-refractivity contribution is 0.296. The van der Waals surface area contributed by atoms with E-state index in [1.54, 1.807) is 10.9 Å². The molecule has 2 heterocycles. The number of rotatable bonds is 4. The second-order valence-electron chi connectivity index (χ2n) is 4.94. The molecule has 0 aliphatic heterocycles. The van der Waals surface area contributed by atoms with E-state index in [4.69, 9.17) is 10.5 Å². The third-order valence-electron chi connectivity index (χ3n) is 2.99. The van der Waals surface area contributed by atoms with Crippen molar-refractivity contribution in [2.75, 3.05) is 6.61 Å². The van der Waals surface area contributed by atoms with Crippen LogP contribution in [0.2, 0.25) is 0 Å². The summed E-state index contributed by atoms with van der Waals surface area (Å²) in [6.07, 6.45) is 5.53. The van der Waals surface area contributed by atoms with E-state index in [0.717, 1.165) is 22.3 Å². The lowest BCUT2D eigenvalue weighted by Crippen LogP contribution is -2.23. The van der Waals surface area contributed by atoms with Gasteiger partial charge in [-0.2, -0.15) is 10.2 Å². The number of nitrogens with two attached hydrogens (primary N) is 1. The number of benzene rings is 1. The van der Waals surface area contributed by atoms with Gasteiger partial charge in [0.05, 0.1) is 24.1 Å². The van der Waals surface area contributed by atoms with Crippen molar-refractivity contribution in [3.8, 4) is 11.4 Å². The van der Waals surface area contributed by atoms with Crippen LogP contribution in [0.3, 0.4) is 0 Å². The van der Waals surface area contributed by atoms with E-state index >= 15 is 0 Å². The SMILES string of the molecule is C[C@H](N)COc1ccc2c(cnn2-c2cnn(C)c2)c1. The van der Waals surface area contributed by atoms with Gasteiger partial charge in [0.1, 0.15) is 18.0 Å². The molecule has 0 saturated heterocycles. The quantitative estimate of drug-likeness (QED) is 0.780. The summed E-state index contributed by atoms with van der Waals surface area (Å²) in [6, 6.07) is 5.91. The number of hydrogen-bond donors (Lipinski definition) is 1. The van der Waals surface area contributed by atoms with Crippen LogP contribution in [0.25, 0.3) is 16.6 Å². The van der Waals surface area contributed by atoms with Gasteiger partial charge in [0.25, 0.3) is 0 Å². The molecule has 6 heteroatoms. The molecule has 0 unspecified atom stereocenters. The number of fused-ring (bicyclic) bond motifs is 1. The highest BCUT2D eigenvalue weighted by Gasteiger charge is 2.08. The zero-order chi connectivity index (χ0) is 14.1. The van der Waals surface area contributed by atoms with Gasteiger partial charge in [0.2, 0.25) is 0 Å². The fourth-order valence-corrected chi connectivity index (χ4v) is 2.05. The maximum absolute atomic E-state index is 5.68. The van der Waals surface area contributed by atoms with Crippen molar-refractivity contribution in [3.05, 3.63) is 36.8 Å². The van der Waals surface area contributed by atoms with Crippen molar-refractivity contribution >= 4 is 10.9 Å². The minimum absolute atomic E-state index is 0.0174. The molecule has 0 aliphatic carbocycles. The Balaban J connectivity index is 1.94. The molecule has 0 radical (unpaired) electrons. The zero-order valence-electron chi connectivity index (χ0n) is 11.5. The first-order valence-electron chi connectivity index (χ1n) is 6.48. The molecule has 0 spiro atoms. The molecule has 0 bridgehead atoms. The van der Waals surface area contributed by atoms with E-state index in [1.807, 2.05) is 49.2 Å². The molecular formula is C14H17N5O. The van der Waals surface area contributed by atoms with Crippen LogP contribution in [-0.4, -0.2) is 32.2 Å². The van der Waals surface area contributed by atoms with E-state index < -0.39 is 0 Å². The first-order chi connectivity index (χ1) is 9.63. The van der Waals surface area contributed by atoms with E-state index in [2.05, 4.69) is 10.2 Å². The zero-order valence-corrected chi connectivity index (χ0v) is 11.5. The summed E-state index contributed by atoms with van der Waals surface area (Å²) < 4.78 is 9.23. The first kappa shape index (κ1) is 12.7. The molecule has 3 aromatic rings. The topological polar surface area (TPSA) is 70.9 Å². The molecule has 0 fully saturated rings. The van der Waals surface area contributed by atoms with Gasteiger partial charge in [-0.3, -0.25) is 4.68 Å². The number of ether oxygens (including phenoxy) is 1. The summed E-state index contributed by atoms with van der Waals surface area (Å²) in [5.41, 5.74) is 7.64. The van der Waals surface area contributed by atoms with Gasteiger partial charge in [-0.1, -0.05) is 0 Å². The Morgan fingerprint density at radius 2 is 2.15 bits per heavy atom. The third kappa shape index (κ3) is 2.37. The van der Waals surface area contributed by atoms with Gasteiger partial charge in [-0.15, -0.1) is 0 Å². The van der Waals surface area contributed by atoms with E-state index in [1.165, 1.54) is 0 Å². The van der Waals surface area contributed by atoms with Gasteiger partial charge < -0.3 is 10.5 Å². The molecule has 104 valence electrons. The molecule has 20 heavy (non-hydrogen) atoms. The van der Waals surface area contributed by atoms with Crippen molar-refractivity contribution in [3.63, 3.8) is 0 Å². The largest absolute Gasteiger partial charge is 0.492 e. The second kappa shape index (κ2) is 4.97. The van der Waals surface area contributed by atoms with Crippen LogP contribution < -0.4 is 10.5 Å². The molecule has 0 saturated carbocycles. The van der Waals surface area contributed by atoms with Gasteiger partial charge in [-0.05, 0) is 25.1 Å². The van der Waals surface area contributed by atoms with Gasteiger partial charge in [0, 0.05) is 18.5 Å². The monoisotopic (exact) mass is 271 g/mol. The third-order valence-corrected chi connectivity index (χ3v) is 2.99. The summed E-state index contributed by atoms with van der Waals surface area (Å²) in [5, 5.41) is 9.59. The minimum atomic E-state index is 0.0174. The average molecular weight is 271 g/mol. The number of nitrogens with zero attached hydrogens (tertiary/aromatic N) is 4. The molecule has 2 aromatic heterocycles. The Kier molecular flexibility index (Phi) is 3.15. The van der Waals surface area contributed by atoms with Crippen molar-refractivity contribution in [2.24, 2.45) is 12.8 Å². The molecule has 2 N–H and O–H groups in total. The van der Waals surface area contributed by atoms with Crippen molar-refractivity contribution in [2.45, 2.75) is 13.0 Å². The number of aromatic nitrogens is 4. The smallest absolute Gasteiger partial charge is 0.120 e. The predicted octanol–water partition coefficient (Wildman–Crippen LogP) is 1.48. The van der Waals surface area contributed by atoms with Crippen LogP contribution in [0.15, 0.2) is 36.8 Å². The molecule has 1 aromatic carbocycles. The van der Waals surface area contributed by atoms with Gasteiger partial charge in [0.15, 0.2) is 0 Å². The Morgan fingerprint density at radius 3 is 2.85 bits per heavy atom. The highest BCUT2D eigenvalue weighted by atomic mass is 16.5. The summed E-state index contributed by atoms with van der Waals surface area (Å²) >= 11 is 0. The van der Waals surface area contributed by atoms with Gasteiger partial charge in [-0.25, -0.2) is 4.68 Å². The fraction of sp³-hybridized carbons (Fsp3) is 0.286.